The van der Waals surface area contributed by atoms with E-state index in [1.807, 2.05) is 12.3 Å². The minimum atomic E-state index is 1.03. The highest BCUT2D eigenvalue weighted by molar-refractivity contribution is 6.25. The minimum absolute atomic E-state index is 1.03. The maximum absolute atomic E-state index is 4.51. The number of fused-ring (bicyclic) bond motifs is 7. The van der Waals surface area contributed by atoms with Crippen molar-refractivity contribution in [2.24, 2.45) is 0 Å². The summed E-state index contributed by atoms with van der Waals surface area (Å²) in [7, 11) is 0. The van der Waals surface area contributed by atoms with Crippen LogP contribution in [0.1, 0.15) is 0 Å². The molecule has 7 aromatic rings. The summed E-state index contributed by atoms with van der Waals surface area (Å²) >= 11 is 0. The molecular formula is C33H21N. The lowest BCUT2D eigenvalue weighted by Gasteiger charge is -2.12. The second-order valence-electron chi connectivity index (χ2n) is 8.80. The van der Waals surface area contributed by atoms with Gasteiger partial charge >= 0.3 is 0 Å². The van der Waals surface area contributed by atoms with Crippen molar-refractivity contribution in [2.75, 3.05) is 0 Å². The van der Waals surface area contributed by atoms with Crippen LogP contribution in [0.25, 0.3) is 65.5 Å². The molecule has 0 radical (unpaired) electrons. The van der Waals surface area contributed by atoms with E-state index in [0.717, 1.165) is 5.52 Å². The van der Waals surface area contributed by atoms with Crippen LogP contribution >= 0.6 is 0 Å². The van der Waals surface area contributed by atoms with Gasteiger partial charge in [-0.25, -0.2) is 0 Å². The Hall–Kier alpha value is -4.49. The van der Waals surface area contributed by atoms with Crippen LogP contribution in [0.4, 0.5) is 0 Å². The molecule has 0 bridgehead atoms. The molecule has 0 N–H and O–H groups in total. The van der Waals surface area contributed by atoms with Crippen LogP contribution in [-0.2, 0) is 0 Å². The summed E-state index contributed by atoms with van der Waals surface area (Å²) in [6.45, 7) is 0. The van der Waals surface area contributed by atoms with E-state index in [1.54, 1.807) is 0 Å². The third kappa shape index (κ3) is 2.91. The molecule has 1 heteroatoms. The molecule has 0 fully saturated rings. The maximum Gasteiger partial charge on any atom is 0.0708 e. The van der Waals surface area contributed by atoms with Crippen LogP contribution in [0.15, 0.2) is 128 Å². The normalized spacial score (nSPS) is 11.5. The standard InChI is InChI=1S/C33H21N/c1-2-9-28-26(7-1)27-8-3-4-10-29(27)32-21-24(18-19-30(28)32)22-14-16-23(17-15-22)25-11-5-13-33-31(25)12-6-20-34-33/h1-21H. The van der Waals surface area contributed by atoms with Gasteiger partial charge in [-0.2, -0.15) is 0 Å². The third-order valence-electron chi connectivity index (χ3n) is 6.92. The molecular weight excluding hydrogens is 410 g/mol. The number of hydrogen-bond acceptors (Lipinski definition) is 1. The summed E-state index contributed by atoms with van der Waals surface area (Å²) < 4.78 is 0. The molecule has 0 aliphatic carbocycles. The summed E-state index contributed by atoms with van der Waals surface area (Å²) in [5, 5.41) is 9.02. The fourth-order valence-electron chi connectivity index (χ4n) is 5.28. The van der Waals surface area contributed by atoms with Gasteiger partial charge < -0.3 is 0 Å². The molecule has 158 valence electrons. The number of hydrogen-bond donors (Lipinski definition) is 0. The fraction of sp³-hybridized carbons (Fsp3) is 0. The smallest absolute Gasteiger partial charge is 0.0708 e. The van der Waals surface area contributed by atoms with E-state index in [-0.39, 0.29) is 0 Å². The average Bonchev–Trinajstić information content (AvgIpc) is 2.93. The first-order chi connectivity index (χ1) is 16.9. The fourth-order valence-corrected chi connectivity index (χ4v) is 5.28. The van der Waals surface area contributed by atoms with E-state index < -0.39 is 0 Å². The van der Waals surface area contributed by atoms with Crippen molar-refractivity contribution in [2.45, 2.75) is 0 Å². The summed E-state index contributed by atoms with van der Waals surface area (Å²) in [4.78, 5) is 4.51. The highest BCUT2D eigenvalue weighted by Crippen LogP contribution is 2.37. The third-order valence-corrected chi connectivity index (χ3v) is 6.92. The van der Waals surface area contributed by atoms with Crippen LogP contribution in [-0.4, -0.2) is 4.98 Å². The van der Waals surface area contributed by atoms with Crippen LogP contribution < -0.4 is 0 Å². The van der Waals surface area contributed by atoms with Crippen LogP contribution in [0.5, 0.6) is 0 Å². The Labute approximate surface area is 197 Å². The Morgan fingerprint density at radius 1 is 0.353 bits per heavy atom. The highest BCUT2D eigenvalue weighted by Gasteiger charge is 2.10. The van der Waals surface area contributed by atoms with E-state index in [0.29, 0.717) is 0 Å². The van der Waals surface area contributed by atoms with Gasteiger partial charge in [-0.15, -0.1) is 0 Å². The first-order valence-corrected chi connectivity index (χ1v) is 11.6. The molecule has 1 aromatic heterocycles. The van der Waals surface area contributed by atoms with Gasteiger partial charge in [-0.3, -0.25) is 4.98 Å². The topological polar surface area (TPSA) is 12.9 Å². The first-order valence-electron chi connectivity index (χ1n) is 11.6. The predicted octanol–water partition coefficient (Wildman–Crippen LogP) is 9.03. The largest absolute Gasteiger partial charge is 0.256 e. The molecule has 0 amide bonds. The maximum atomic E-state index is 4.51. The van der Waals surface area contributed by atoms with E-state index in [1.165, 1.54) is 60.0 Å². The molecule has 0 aliphatic heterocycles. The van der Waals surface area contributed by atoms with Crippen molar-refractivity contribution >= 4 is 43.2 Å². The van der Waals surface area contributed by atoms with Gasteiger partial charge in [0.1, 0.15) is 0 Å². The molecule has 1 heterocycles. The van der Waals surface area contributed by atoms with E-state index in [9.17, 15) is 0 Å². The molecule has 0 saturated heterocycles. The lowest BCUT2D eigenvalue weighted by Crippen LogP contribution is -1.86. The first kappa shape index (κ1) is 19.0. The van der Waals surface area contributed by atoms with Crippen LogP contribution in [0.2, 0.25) is 0 Å². The Morgan fingerprint density at radius 3 is 1.62 bits per heavy atom. The molecule has 0 atom stereocenters. The predicted molar refractivity (Wildman–Crippen MR) is 145 cm³/mol. The number of pyridine rings is 1. The van der Waals surface area contributed by atoms with Gasteiger partial charge in [-0.05, 0) is 72.8 Å². The van der Waals surface area contributed by atoms with Crippen LogP contribution in [0.3, 0.4) is 0 Å². The van der Waals surface area contributed by atoms with Crippen molar-refractivity contribution in [1.82, 2.24) is 4.98 Å². The lowest BCUT2D eigenvalue weighted by molar-refractivity contribution is 1.41. The van der Waals surface area contributed by atoms with Crippen molar-refractivity contribution in [3.8, 4) is 22.3 Å². The van der Waals surface area contributed by atoms with E-state index >= 15 is 0 Å². The lowest BCUT2D eigenvalue weighted by atomic mass is 9.91. The Bertz CT molecular complexity index is 1810. The van der Waals surface area contributed by atoms with Crippen molar-refractivity contribution in [1.29, 1.82) is 0 Å². The molecule has 0 aliphatic rings. The molecule has 34 heavy (non-hydrogen) atoms. The van der Waals surface area contributed by atoms with Gasteiger partial charge in [0.15, 0.2) is 0 Å². The van der Waals surface area contributed by atoms with Gasteiger partial charge in [0.2, 0.25) is 0 Å². The Balaban J connectivity index is 1.39. The molecule has 6 aromatic carbocycles. The molecule has 0 spiro atoms. The van der Waals surface area contributed by atoms with E-state index in [2.05, 4.69) is 120 Å². The highest BCUT2D eigenvalue weighted by atomic mass is 14.6. The quantitative estimate of drug-likeness (QED) is 0.249. The summed E-state index contributed by atoms with van der Waals surface area (Å²) in [6, 6.07) is 43.7. The second kappa shape index (κ2) is 7.54. The number of nitrogens with zero attached hydrogens (tertiary/aromatic N) is 1. The van der Waals surface area contributed by atoms with Gasteiger partial charge in [0.25, 0.3) is 0 Å². The summed E-state index contributed by atoms with van der Waals surface area (Å²) in [5.41, 5.74) is 5.91. The number of rotatable bonds is 2. The minimum Gasteiger partial charge on any atom is -0.256 e. The molecule has 0 unspecified atom stereocenters. The zero-order valence-electron chi connectivity index (χ0n) is 18.6. The van der Waals surface area contributed by atoms with Gasteiger partial charge in [0.05, 0.1) is 5.52 Å². The monoisotopic (exact) mass is 431 g/mol. The molecule has 0 saturated carbocycles. The van der Waals surface area contributed by atoms with Crippen molar-refractivity contribution in [3.63, 3.8) is 0 Å². The molecule has 1 nitrogen and oxygen atoms in total. The number of aromatic nitrogens is 1. The number of benzene rings is 6. The SMILES string of the molecule is c1cc(-c2ccc(-c3ccc4c5ccccc5c5ccccc5c4c3)cc2)c2cccnc2c1. The zero-order valence-corrected chi connectivity index (χ0v) is 18.6. The van der Waals surface area contributed by atoms with Crippen LogP contribution in [0, 0.1) is 0 Å². The van der Waals surface area contributed by atoms with Crippen molar-refractivity contribution in [3.05, 3.63) is 128 Å². The summed E-state index contributed by atoms with van der Waals surface area (Å²) in [6.07, 6.45) is 1.85. The summed E-state index contributed by atoms with van der Waals surface area (Å²) in [5.74, 6) is 0. The van der Waals surface area contributed by atoms with E-state index in [4.69, 9.17) is 0 Å². The zero-order chi connectivity index (χ0) is 22.5. The van der Waals surface area contributed by atoms with Gasteiger partial charge in [-0.1, -0.05) is 103 Å². The Morgan fingerprint density at radius 2 is 0.912 bits per heavy atom. The van der Waals surface area contributed by atoms with Gasteiger partial charge in [0, 0.05) is 11.6 Å². The second-order valence-corrected chi connectivity index (χ2v) is 8.80. The van der Waals surface area contributed by atoms with Crippen molar-refractivity contribution < 1.29 is 0 Å². The molecule has 7 rings (SSSR count). The average molecular weight is 432 g/mol. The Kier molecular flexibility index (Phi) is 4.22.